The first-order valence-electron chi connectivity index (χ1n) is 13.9. The highest BCUT2D eigenvalue weighted by atomic mass is 16.6. The van der Waals surface area contributed by atoms with Crippen molar-refractivity contribution < 1.29 is 24.5 Å². The van der Waals surface area contributed by atoms with Crippen molar-refractivity contribution in [3.8, 4) is 0 Å². The fraction of sp³-hybridized carbons (Fsp3) is 0.394. The van der Waals surface area contributed by atoms with Crippen LogP contribution in [0.25, 0.3) is 0 Å². The summed E-state index contributed by atoms with van der Waals surface area (Å²) < 4.78 is 5.47. The summed E-state index contributed by atoms with van der Waals surface area (Å²) in [5.41, 5.74) is 3.14. The summed E-state index contributed by atoms with van der Waals surface area (Å²) in [5, 5.41) is 28.1. The van der Waals surface area contributed by atoms with Gasteiger partial charge in [-0.1, -0.05) is 84.9 Å². The van der Waals surface area contributed by atoms with Crippen LogP contribution in [0, 0.1) is 5.92 Å². The molecule has 3 aromatic carbocycles. The number of fused-ring (bicyclic) bond motifs is 1. The monoisotopic (exact) mass is 544 g/mol. The molecule has 0 spiro atoms. The first kappa shape index (κ1) is 29.3. The number of aliphatic hydroxyl groups is 2. The van der Waals surface area contributed by atoms with Gasteiger partial charge in [0.2, 0.25) is 5.91 Å². The van der Waals surface area contributed by atoms with Crippen molar-refractivity contribution in [1.29, 1.82) is 0 Å². The lowest BCUT2D eigenvalue weighted by Crippen LogP contribution is -2.48. The molecule has 0 aromatic heterocycles. The molecule has 3 aromatic rings. The maximum Gasteiger partial charge on any atom is 0.407 e. The molecule has 212 valence electrons. The lowest BCUT2D eigenvalue weighted by molar-refractivity contribution is -0.127. The lowest BCUT2D eigenvalue weighted by Gasteiger charge is -2.29. The van der Waals surface area contributed by atoms with Crippen LogP contribution in [0.4, 0.5) is 4.79 Å². The molecule has 40 heavy (non-hydrogen) atoms. The molecule has 2 amide bonds. The standard InChI is InChI=1S/C33H40N2O5/c1-33(2,3)40-32(39)34-27(19-23-14-8-5-9-15-23)28(36)21-25(18-22-12-6-4-7-13-22)31(38)35-30-26-17-11-10-16-24(26)20-29(30)37/h4-17,25,27-30,36-37H,18-21H2,1-3H3,(H,34,39)(H,35,38)/t25-,27+,28-,29-,30+/m1/s1. The third-order valence-electron chi connectivity index (χ3n) is 7.19. The van der Waals surface area contributed by atoms with E-state index in [1.807, 2.05) is 84.9 Å². The molecular formula is C33H40N2O5. The Balaban J connectivity index is 1.54. The van der Waals surface area contributed by atoms with Crippen molar-refractivity contribution >= 4 is 12.0 Å². The SMILES string of the molecule is CC(C)(C)OC(=O)N[C@@H](Cc1ccccc1)[C@H](O)C[C@@H](Cc1ccccc1)C(=O)N[C@H]1c2ccccc2C[C@H]1O. The van der Waals surface area contributed by atoms with Gasteiger partial charge in [-0.15, -0.1) is 0 Å². The van der Waals surface area contributed by atoms with E-state index < -0.39 is 41.9 Å². The van der Waals surface area contributed by atoms with Gasteiger partial charge in [0.05, 0.1) is 24.3 Å². The normalized spacial score (nSPS) is 18.7. The molecule has 7 nitrogen and oxygen atoms in total. The second-order valence-electron chi connectivity index (χ2n) is 11.6. The van der Waals surface area contributed by atoms with E-state index in [-0.39, 0.29) is 12.3 Å². The van der Waals surface area contributed by atoms with Crippen molar-refractivity contribution in [2.45, 2.75) is 76.3 Å². The summed E-state index contributed by atoms with van der Waals surface area (Å²) >= 11 is 0. The molecule has 0 fully saturated rings. The van der Waals surface area contributed by atoms with Crippen molar-refractivity contribution in [2.24, 2.45) is 5.92 Å². The minimum atomic E-state index is -1.03. The third kappa shape index (κ3) is 8.16. The van der Waals surface area contributed by atoms with Crippen molar-refractivity contribution in [2.75, 3.05) is 0 Å². The van der Waals surface area contributed by atoms with E-state index in [4.69, 9.17) is 4.74 Å². The summed E-state index contributed by atoms with van der Waals surface area (Å²) in [7, 11) is 0. The van der Waals surface area contributed by atoms with E-state index >= 15 is 0 Å². The Morgan fingerprint density at radius 1 is 0.900 bits per heavy atom. The predicted octanol–water partition coefficient (Wildman–Crippen LogP) is 4.51. The fourth-order valence-corrected chi connectivity index (χ4v) is 5.27. The number of hydrogen-bond acceptors (Lipinski definition) is 5. The number of amides is 2. The smallest absolute Gasteiger partial charge is 0.407 e. The van der Waals surface area contributed by atoms with Gasteiger partial charge in [-0.05, 0) is 62.3 Å². The molecule has 1 aliphatic rings. The van der Waals surface area contributed by atoms with Crippen molar-refractivity contribution in [3.05, 3.63) is 107 Å². The molecule has 1 aliphatic carbocycles. The van der Waals surface area contributed by atoms with E-state index in [2.05, 4.69) is 10.6 Å². The van der Waals surface area contributed by atoms with E-state index in [1.54, 1.807) is 20.8 Å². The van der Waals surface area contributed by atoms with E-state index in [0.717, 1.165) is 22.3 Å². The van der Waals surface area contributed by atoms with Crippen LogP contribution in [-0.4, -0.2) is 46.1 Å². The molecule has 0 radical (unpaired) electrons. The zero-order valence-electron chi connectivity index (χ0n) is 23.4. The zero-order valence-corrected chi connectivity index (χ0v) is 23.4. The van der Waals surface area contributed by atoms with Gasteiger partial charge >= 0.3 is 6.09 Å². The maximum atomic E-state index is 13.7. The molecule has 0 heterocycles. The van der Waals surface area contributed by atoms with Gasteiger partial charge in [-0.3, -0.25) is 4.79 Å². The molecule has 0 bridgehead atoms. The minimum Gasteiger partial charge on any atom is -0.444 e. The van der Waals surface area contributed by atoms with Crippen molar-refractivity contribution in [1.82, 2.24) is 10.6 Å². The Morgan fingerprint density at radius 3 is 2.10 bits per heavy atom. The minimum absolute atomic E-state index is 0.110. The Morgan fingerprint density at radius 2 is 1.48 bits per heavy atom. The van der Waals surface area contributed by atoms with E-state index in [0.29, 0.717) is 19.3 Å². The molecule has 4 rings (SSSR count). The Bertz CT molecular complexity index is 1260. The summed E-state index contributed by atoms with van der Waals surface area (Å²) in [6, 6.07) is 25.8. The number of aliphatic hydroxyl groups excluding tert-OH is 2. The highest BCUT2D eigenvalue weighted by Crippen LogP contribution is 2.32. The van der Waals surface area contributed by atoms with Gasteiger partial charge < -0.3 is 25.6 Å². The number of alkyl carbamates (subject to hydrolysis) is 1. The highest BCUT2D eigenvalue weighted by molar-refractivity contribution is 5.80. The van der Waals surface area contributed by atoms with Crippen LogP contribution in [0.1, 0.15) is 55.5 Å². The molecule has 0 unspecified atom stereocenters. The number of carbonyl (C=O) groups is 2. The molecular weight excluding hydrogens is 504 g/mol. The quantitative estimate of drug-likeness (QED) is 0.301. The highest BCUT2D eigenvalue weighted by Gasteiger charge is 2.35. The Kier molecular flexibility index (Phi) is 9.61. The average molecular weight is 545 g/mol. The van der Waals surface area contributed by atoms with Crippen LogP contribution < -0.4 is 10.6 Å². The van der Waals surface area contributed by atoms with E-state index in [9.17, 15) is 19.8 Å². The van der Waals surface area contributed by atoms with Gasteiger partial charge in [-0.25, -0.2) is 4.79 Å². The predicted molar refractivity (Wildman–Crippen MR) is 155 cm³/mol. The summed E-state index contributed by atoms with van der Waals surface area (Å²) in [6.45, 7) is 5.35. The average Bonchev–Trinajstić information content (AvgIpc) is 3.22. The number of hydrogen-bond donors (Lipinski definition) is 4. The first-order valence-corrected chi connectivity index (χ1v) is 13.9. The van der Waals surface area contributed by atoms with Gasteiger partial charge in [0.25, 0.3) is 0 Å². The van der Waals surface area contributed by atoms with Crippen LogP contribution in [0.3, 0.4) is 0 Å². The number of ether oxygens (including phenoxy) is 1. The summed E-state index contributed by atoms with van der Waals surface area (Å²) in [6.07, 6.45) is -1.02. The zero-order chi connectivity index (χ0) is 28.7. The van der Waals surface area contributed by atoms with Gasteiger partial charge in [-0.2, -0.15) is 0 Å². The van der Waals surface area contributed by atoms with Crippen LogP contribution in [0.15, 0.2) is 84.9 Å². The van der Waals surface area contributed by atoms with Crippen molar-refractivity contribution in [3.63, 3.8) is 0 Å². The second-order valence-corrected chi connectivity index (χ2v) is 11.6. The third-order valence-corrected chi connectivity index (χ3v) is 7.19. The fourth-order valence-electron chi connectivity index (χ4n) is 5.27. The van der Waals surface area contributed by atoms with Gasteiger partial charge in [0, 0.05) is 12.3 Å². The van der Waals surface area contributed by atoms with Crippen LogP contribution in [0.2, 0.25) is 0 Å². The van der Waals surface area contributed by atoms with Crippen LogP contribution >= 0.6 is 0 Å². The van der Waals surface area contributed by atoms with Crippen LogP contribution in [-0.2, 0) is 28.8 Å². The Hall–Kier alpha value is -3.68. The summed E-state index contributed by atoms with van der Waals surface area (Å²) in [4.78, 5) is 26.4. The number of nitrogens with one attached hydrogen (secondary N) is 2. The second kappa shape index (κ2) is 13.1. The molecule has 7 heteroatoms. The number of benzene rings is 3. The largest absolute Gasteiger partial charge is 0.444 e. The topological polar surface area (TPSA) is 108 Å². The number of carbonyl (C=O) groups excluding carboxylic acids is 2. The summed E-state index contributed by atoms with van der Waals surface area (Å²) in [5.74, 6) is -0.851. The van der Waals surface area contributed by atoms with Gasteiger partial charge in [0.1, 0.15) is 5.60 Å². The molecule has 0 saturated heterocycles. The molecule has 5 atom stereocenters. The lowest BCUT2D eigenvalue weighted by atomic mass is 9.88. The maximum absolute atomic E-state index is 13.7. The van der Waals surface area contributed by atoms with Crippen LogP contribution in [0.5, 0.6) is 0 Å². The van der Waals surface area contributed by atoms with E-state index in [1.165, 1.54) is 0 Å². The number of rotatable bonds is 10. The molecule has 0 saturated carbocycles. The van der Waals surface area contributed by atoms with Gasteiger partial charge in [0.15, 0.2) is 0 Å². The molecule has 0 aliphatic heterocycles. The molecule has 4 N–H and O–H groups in total. The first-order chi connectivity index (χ1) is 19.1. The Labute approximate surface area is 236 Å².